The fourth-order valence-corrected chi connectivity index (χ4v) is 3.61. The largest absolute Gasteiger partial charge is 0.467 e. The molecule has 0 aliphatic heterocycles. The molecule has 0 fully saturated rings. The number of Topliss-reactive ketones (excluding diaryl/α,β-unsaturated/α-hetero) is 1. The molecule has 0 unspecified atom stereocenters. The van der Waals surface area contributed by atoms with E-state index < -0.39 is 5.97 Å². The molecule has 0 radical (unpaired) electrons. The van der Waals surface area contributed by atoms with Crippen molar-refractivity contribution in [1.82, 2.24) is 9.47 Å². The number of amides is 1. The molecule has 7 nitrogen and oxygen atoms in total. The Labute approximate surface area is 171 Å². The maximum Gasteiger partial charge on any atom is 0.354 e. The van der Waals surface area contributed by atoms with Gasteiger partial charge in [-0.15, -0.1) is 0 Å². The fraction of sp³-hybridized carbons (Fsp3) is 0.500. The van der Waals surface area contributed by atoms with Gasteiger partial charge < -0.3 is 18.6 Å². The summed E-state index contributed by atoms with van der Waals surface area (Å²) in [4.78, 5) is 39.7. The van der Waals surface area contributed by atoms with Crippen molar-refractivity contribution in [3.8, 4) is 0 Å². The Morgan fingerprint density at radius 1 is 1.24 bits per heavy atom. The minimum Gasteiger partial charge on any atom is -0.467 e. The van der Waals surface area contributed by atoms with Gasteiger partial charge in [0.05, 0.1) is 26.5 Å². The number of methoxy groups -OCH3 is 1. The van der Waals surface area contributed by atoms with Crippen LogP contribution in [0, 0.1) is 19.8 Å². The van der Waals surface area contributed by atoms with E-state index in [1.54, 1.807) is 29.9 Å². The van der Waals surface area contributed by atoms with Crippen molar-refractivity contribution >= 4 is 17.7 Å². The molecule has 29 heavy (non-hydrogen) atoms. The number of furan rings is 1. The standard InChI is InChI=1S/C22H30N2O5/c1-7-24-16(5)20(15(4)21(24)22(27)28-6)18(25)13-23(19(26)11-14(2)3)12-17-9-8-10-29-17/h8-10,14H,7,11-13H2,1-6H3. The first-order valence-corrected chi connectivity index (χ1v) is 9.82. The highest BCUT2D eigenvalue weighted by Gasteiger charge is 2.28. The second-order valence-electron chi connectivity index (χ2n) is 7.52. The number of nitrogens with zero attached hydrogens (tertiary/aromatic N) is 2. The predicted molar refractivity (Wildman–Crippen MR) is 109 cm³/mol. The molecule has 7 heteroatoms. The number of carbonyl (C=O) groups excluding carboxylic acids is 3. The van der Waals surface area contributed by atoms with Crippen molar-refractivity contribution in [2.24, 2.45) is 5.92 Å². The maximum absolute atomic E-state index is 13.2. The van der Waals surface area contributed by atoms with Crippen molar-refractivity contribution in [3.63, 3.8) is 0 Å². The van der Waals surface area contributed by atoms with Crippen LogP contribution in [0.1, 0.15) is 65.1 Å². The monoisotopic (exact) mass is 402 g/mol. The lowest BCUT2D eigenvalue weighted by Gasteiger charge is -2.22. The lowest BCUT2D eigenvalue weighted by atomic mass is 10.0. The third-order valence-corrected chi connectivity index (χ3v) is 4.94. The highest BCUT2D eigenvalue weighted by atomic mass is 16.5. The number of esters is 1. The summed E-state index contributed by atoms with van der Waals surface area (Å²) in [6, 6.07) is 3.53. The summed E-state index contributed by atoms with van der Waals surface area (Å²) in [6.45, 7) is 10.1. The molecule has 0 aliphatic carbocycles. The van der Waals surface area contributed by atoms with E-state index in [0.717, 1.165) is 0 Å². The number of hydrogen-bond acceptors (Lipinski definition) is 5. The second kappa shape index (κ2) is 9.58. The summed E-state index contributed by atoms with van der Waals surface area (Å²) in [5, 5.41) is 0. The van der Waals surface area contributed by atoms with Gasteiger partial charge in [-0.05, 0) is 44.4 Å². The predicted octanol–water partition coefficient (Wildman–Crippen LogP) is 3.76. The SMILES string of the molecule is CCn1c(C)c(C(=O)CN(Cc2ccco2)C(=O)CC(C)C)c(C)c1C(=O)OC. The Hall–Kier alpha value is -2.83. The van der Waals surface area contributed by atoms with Crippen LogP contribution >= 0.6 is 0 Å². The van der Waals surface area contributed by atoms with E-state index in [-0.39, 0.29) is 30.7 Å². The number of hydrogen-bond donors (Lipinski definition) is 0. The molecule has 2 aromatic heterocycles. The van der Waals surface area contributed by atoms with E-state index in [9.17, 15) is 14.4 Å². The van der Waals surface area contributed by atoms with Crippen LogP contribution in [0.4, 0.5) is 0 Å². The van der Waals surface area contributed by atoms with Crippen LogP contribution in [0.15, 0.2) is 22.8 Å². The zero-order chi connectivity index (χ0) is 21.7. The quantitative estimate of drug-likeness (QED) is 0.471. The Bertz CT molecular complexity index is 878. The Morgan fingerprint density at radius 2 is 1.93 bits per heavy atom. The summed E-state index contributed by atoms with van der Waals surface area (Å²) >= 11 is 0. The molecule has 2 rings (SSSR count). The van der Waals surface area contributed by atoms with Crippen LogP contribution in [-0.4, -0.2) is 40.8 Å². The molecule has 158 valence electrons. The topological polar surface area (TPSA) is 81.8 Å². The van der Waals surface area contributed by atoms with Gasteiger partial charge in [-0.25, -0.2) is 4.79 Å². The van der Waals surface area contributed by atoms with Crippen LogP contribution in [0.5, 0.6) is 0 Å². The summed E-state index contributed by atoms with van der Waals surface area (Å²) in [5.74, 6) is -0.00369. The Kier molecular flexibility index (Phi) is 7.42. The van der Waals surface area contributed by atoms with E-state index >= 15 is 0 Å². The molecule has 0 atom stereocenters. The zero-order valence-electron chi connectivity index (χ0n) is 18.1. The number of aromatic nitrogens is 1. The molecular formula is C22H30N2O5. The second-order valence-corrected chi connectivity index (χ2v) is 7.52. The smallest absolute Gasteiger partial charge is 0.354 e. The molecule has 2 aromatic rings. The Balaban J connectivity index is 2.37. The maximum atomic E-state index is 13.2. The van der Waals surface area contributed by atoms with Crippen molar-refractivity contribution < 1.29 is 23.5 Å². The highest BCUT2D eigenvalue weighted by Crippen LogP contribution is 2.24. The van der Waals surface area contributed by atoms with Gasteiger partial charge in [0.1, 0.15) is 11.5 Å². The normalized spacial score (nSPS) is 11.0. The van der Waals surface area contributed by atoms with Crippen molar-refractivity contribution in [2.75, 3.05) is 13.7 Å². The average Bonchev–Trinajstić information content (AvgIpc) is 3.25. The van der Waals surface area contributed by atoms with Gasteiger partial charge in [-0.2, -0.15) is 0 Å². The summed E-state index contributed by atoms with van der Waals surface area (Å²) < 4.78 is 12.0. The zero-order valence-corrected chi connectivity index (χ0v) is 18.1. The van der Waals surface area contributed by atoms with E-state index in [1.807, 2.05) is 27.7 Å². The molecule has 0 bridgehead atoms. The average molecular weight is 402 g/mol. The molecule has 0 saturated carbocycles. The van der Waals surface area contributed by atoms with E-state index in [4.69, 9.17) is 9.15 Å². The molecule has 0 N–H and O–H groups in total. The number of carbonyl (C=O) groups is 3. The van der Waals surface area contributed by atoms with Crippen LogP contribution in [0.3, 0.4) is 0 Å². The minimum atomic E-state index is -0.477. The summed E-state index contributed by atoms with van der Waals surface area (Å²) in [7, 11) is 1.32. The summed E-state index contributed by atoms with van der Waals surface area (Å²) in [5.41, 5.74) is 2.12. The molecule has 0 saturated heterocycles. The van der Waals surface area contributed by atoms with E-state index in [0.29, 0.717) is 41.2 Å². The van der Waals surface area contributed by atoms with E-state index in [2.05, 4.69) is 0 Å². The Morgan fingerprint density at radius 3 is 2.45 bits per heavy atom. The number of ketones is 1. The van der Waals surface area contributed by atoms with Gasteiger partial charge >= 0.3 is 5.97 Å². The van der Waals surface area contributed by atoms with Crippen LogP contribution in [-0.2, 0) is 22.6 Å². The molecule has 2 heterocycles. The van der Waals surface area contributed by atoms with Gasteiger partial charge in [0.15, 0.2) is 5.78 Å². The van der Waals surface area contributed by atoms with E-state index in [1.165, 1.54) is 12.0 Å². The number of ether oxygens (including phenoxy) is 1. The molecule has 0 aromatic carbocycles. The van der Waals surface area contributed by atoms with Crippen molar-refractivity contribution in [3.05, 3.63) is 46.7 Å². The van der Waals surface area contributed by atoms with Crippen LogP contribution < -0.4 is 0 Å². The summed E-state index contributed by atoms with van der Waals surface area (Å²) in [6.07, 6.45) is 1.88. The fourth-order valence-electron chi connectivity index (χ4n) is 3.61. The van der Waals surface area contributed by atoms with Gasteiger partial charge in [0.2, 0.25) is 5.91 Å². The minimum absolute atomic E-state index is 0.0811. The van der Waals surface area contributed by atoms with Crippen LogP contribution in [0.2, 0.25) is 0 Å². The molecule has 0 aliphatic rings. The third kappa shape index (κ3) is 4.96. The van der Waals surface area contributed by atoms with Crippen molar-refractivity contribution in [2.45, 2.75) is 54.1 Å². The first-order chi connectivity index (χ1) is 13.7. The first kappa shape index (κ1) is 22.5. The van der Waals surface area contributed by atoms with Gasteiger partial charge in [0, 0.05) is 24.2 Å². The first-order valence-electron chi connectivity index (χ1n) is 9.82. The molecular weight excluding hydrogens is 372 g/mol. The molecule has 1 amide bonds. The van der Waals surface area contributed by atoms with Gasteiger partial charge in [-0.3, -0.25) is 9.59 Å². The van der Waals surface area contributed by atoms with Crippen molar-refractivity contribution in [1.29, 1.82) is 0 Å². The van der Waals surface area contributed by atoms with Gasteiger partial charge in [-0.1, -0.05) is 13.8 Å². The number of rotatable bonds is 9. The highest BCUT2D eigenvalue weighted by molar-refractivity contribution is 6.04. The lowest BCUT2D eigenvalue weighted by Crippen LogP contribution is -2.36. The molecule has 0 spiro atoms. The lowest BCUT2D eigenvalue weighted by molar-refractivity contribution is -0.132. The van der Waals surface area contributed by atoms with Gasteiger partial charge in [0.25, 0.3) is 0 Å². The van der Waals surface area contributed by atoms with Crippen LogP contribution in [0.25, 0.3) is 0 Å². The third-order valence-electron chi connectivity index (χ3n) is 4.94.